The lowest BCUT2D eigenvalue weighted by Crippen LogP contribution is -2.37. The zero-order chi connectivity index (χ0) is 18.4. The Morgan fingerprint density at radius 1 is 1.24 bits per heavy atom. The van der Waals surface area contributed by atoms with Crippen LogP contribution in [0.25, 0.3) is 0 Å². The summed E-state index contributed by atoms with van der Waals surface area (Å²) in [5.74, 6) is -1.32. The number of nitro benzene ring substituents is 1. The molecule has 1 atom stereocenters. The van der Waals surface area contributed by atoms with Gasteiger partial charge in [-0.15, -0.1) is 0 Å². The Hall–Kier alpha value is -3.42. The van der Waals surface area contributed by atoms with Crippen molar-refractivity contribution in [2.24, 2.45) is 5.73 Å². The smallest absolute Gasteiger partial charge is 0.311 e. The lowest BCUT2D eigenvalue weighted by atomic mass is 10.1. The standard InChI is InChI=1S/C17H17N3O5/c1-2-25-14-9-8-12(10-13(14)20(23)24)17(22)19-15(16(18)21)11-6-4-3-5-7-11/h3-10,15H,2H2,1H3,(H2,18,21)(H,19,22). The zero-order valence-corrected chi connectivity index (χ0v) is 13.5. The molecule has 0 aliphatic rings. The predicted octanol–water partition coefficient (Wildman–Crippen LogP) is 1.95. The lowest BCUT2D eigenvalue weighted by Gasteiger charge is -2.16. The molecule has 0 aromatic heterocycles. The molecule has 2 rings (SSSR count). The zero-order valence-electron chi connectivity index (χ0n) is 13.5. The number of carbonyl (C=O) groups excluding carboxylic acids is 2. The summed E-state index contributed by atoms with van der Waals surface area (Å²) in [4.78, 5) is 34.6. The van der Waals surface area contributed by atoms with Gasteiger partial charge in [-0.2, -0.15) is 0 Å². The molecular formula is C17H17N3O5. The largest absolute Gasteiger partial charge is 0.487 e. The molecule has 0 heterocycles. The first-order valence-corrected chi connectivity index (χ1v) is 7.50. The minimum atomic E-state index is -1.04. The van der Waals surface area contributed by atoms with Crippen LogP contribution in [0.4, 0.5) is 5.69 Å². The second-order valence-electron chi connectivity index (χ2n) is 5.09. The highest BCUT2D eigenvalue weighted by Gasteiger charge is 2.23. The van der Waals surface area contributed by atoms with Gasteiger partial charge in [-0.05, 0) is 24.6 Å². The fourth-order valence-corrected chi connectivity index (χ4v) is 2.26. The average molecular weight is 343 g/mol. The van der Waals surface area contributed by atoms with Gasteiger partial charge in [-0.25, -0.2) is 0 Å². The highest BCUT2D eigenvalue weighted by molar-refractivity contribution is 5.98. The van der Waals surface area contributed by atoms with E-state index in [9.17, 15) is 19.7 Å². The molecule has 130 valence electrons. The maximum atomic E-state index is 12.4. The molecule has 2 amide bonds. The molecule has 0 bridgehead atoms. The molecule has 8 heteroatoms. The van der Waals surface area contributed by atoms with Crippen LogP contribution in [0, 0.1) is 10.1 Å². The van der Waals surface area contributed by atoms with Crippen LogP contribution in [0.15, 0.2) is 48.5 Å². The van der Waals surface area contributed by atoms with Gasteiger partial charge in [-0.3, -0.25) is 19.7 Å². The summed E-state index contributed by atoms with van der Waals surface area (Å²) in [6.45, 7) is 1.95. The molecule has 0 radical (unpaired) electrons. The first kappa shape index (κ1) is 17.9. The van der Waals surface area contributed by atoms with Crippen LogP contribution in [0.2, 0.25) is 0 Å². The number of carbonyl (C=O) groups is 2. The monoisotopic (exact) mass is 343 g/mol. The molecule has 8 nitrogen and oxygen atoms in total. The van der Waals surface area contributed by atoms with Gasteiger partial charge in [0, 0.05) is 11.6 Å². The van der Waals surface area contributed by atoms with Crippen LogP contribution in [0.1, 0.15) is 28.9 Å². The van der Waals surface area contributed by atoms with Crippen LogP contribution in [0.3, 0.4) is 0 Å². The van der Waals surface area contributed by atoms with Gasteiger partial charge in [0.25, 0.3) is 5.91 Å². The van der Waals surface area contributed by atoms with Crippen molar-refractivity contribution in [3.63, 3.8) is 0 Å². The Morgan fingerprint density at radius 3 is 2.48 bits per heavy atom. The van der Waals surface area contributed by atoms with Crippen LogP contribution < -0.4 is 15.8 Å². The van der Waals surface area contributed by atoms with Gasteiger partial charge in [0.15, 0.2) is 5.75 Å². The molecule has 25 heavy (non-hydrogen) atoms. The Balaban J connectivity index is 2.29. The molecule has 2 aromatic carbocycles. The third-order valence-electron chi connectivity index (χ3n) is 3.41. The Bertz CT molecular complexity index is 792. The van der Waals surface area contributed by atoms with Crippen molar-refractivity contribution >= 4 is 17.5 Å². The molecule has 0 spiro atoms. The predicted molar refractivity (Wildman–Crippen MR) is 90.1 cm³/mol. The molecule has 0 saturated heterocycles. The highest BCUT2D eigenvalue weighted by atomic mass is 16.6. The van der Waals surface area contributed by atoms with Gasteiger partial charge in [-0.1, -0.05) is 30.3 Å². The number of primary amides is 1. The average Bonchev–Trinajstić information content (AvgIpc) is 2.60. The first-order valence-electron chi connectivity index (χ1n) is 7.50. The summed E-state index contributed by atoms with van der Waals surface area (Å²) < 4.78 is 5.17. The number of nitrogens with two attached hydrogens (primary N) is 1. The summed E-state index contributed by atoms with van der Waals surface area (Å²) in [6, 6.07) is 11.3. The van der Waals surface area contributed by atoms with Gasteiger partial charge in [0.2, 0.25) is 5.91 Å². The van der Waals surface area contributed by atoms with Gasteiger partial charge in [0.1, 0.15) is 6.04 Å². The topological polar surface area (TPSA) is 125 Å². The quantitative estimate of drug-likeness (QED) is 0.587. The number of benzene rings is 2. The summed E-state index contributed by atoms with van der Waals surface area (Å²) >= 11 is 0. The maximum Gasteiger partial charge on any atom is 0.311 e. The summed E-state index contributed by atoms with van der Waals surface area (Å²) in [6.07, 6.45) is 0. The minimum Gasteiger partial charge on any atom is -0.487 e. The van der Waals surface area contributed by atoms with Crippen molar-refractivity contribution in [1.29, 1.82) is 0 Å². The number of amides is 2. The van der Waals surface area contributed by atoms with Crippen molar-refractivity contribution in [2.45, 2.75) is 13.0 Å². The number of nitro groups is 1. The Kier molecular flexibility index (Phi) is 5.67. The molecular weight excluding hydrogens is 326 g/mol. The lowest BCUT2D eigenvalue weighted by molar-refractivity contribution is -0.385. The van der Waals surface area contributed by atoms with E-state index in [1.807, 2.05) is 0 Å². The fraction of sp³-hybridized carbons (Fsp3) is 0.176. The summed E-state index contributed by atoms with van der Waals surface area (Å²) in [5.41, 5.74) is 5.57. The van der Waals surface area contributed by atoms with E-state index in [2.05, 4.69) is 5.32 Å². The van der Waals surface area contributed by atoms with Crippen LogP contribution in [-0.2, 0) is 4.79 Å². The minimum absolute atomic E-state index is 0.0253. The third kappa shape index (κ3) is 4.31. The van der Waals surface area contributed by atoms with E-state index in [1.54, 1.807) is 37.3 Å². The number of nitrogens with one attached hydrogen (secondary N) is 1. The van der Waals surface area contributed by atoms with Crippen LogP contribution in [0.5, 0.6) is 5.75 Å². The van der Waals surface area contributed by atoms with Crippen LogP contribution >= 0.6 is 0 Å². The van der Waals surface area contributed by atoms with Crippen LogP contribution in [-0.4, -0.2) is 23.3 Å². The van der Waals surface area contributed by atoms with E-state index in [4.69, 9.17) is 10.5 Å². The SMILES string of the molecule is CCOc1ccc(C(=O)NC(C(N)=O)c2ccccc2)cc1[N+](=O)[O-]. The molecule has 2 aromatic rings. The number of rotatable bonds is 7. The molecule has 0 aliphatic carbocycles. The molecule has 0 saturated carbocycles. The number of hydrogen-bond acceptors (Lipinski definition) is 5. The highest BCUT2D eigenvalue weighted by Crippen LogP contribution is 2.28. The van der Waals surface area contributed by atoms with E-state index >= 15 is 0 Å². The molecule has 1 unspecified atom stereocenters. The van der Waals surface area contributed by atoms with E-state index in [0.29, 0.717) is 5.56 Å². The van der Waals surface area contributed by atoms with Gasteiger partial charge in [0.05, 0.1) is 11.5 Å². The Morgan fingerprint density at radius 2 is 1.92 bits per heavy atom. The third-order valence-corrected chi connectivity index (χ3v) is 3.41. The number of hydrogen-bond donors (Lipinski definition) is 2. The molecule has 0 aliphatic heterocycles. The van der Waals surface area contributed by atoms with Crippen molar-refractivity contribution in [1.82, 2.24) is 5.32 Å². The summed E-state index contributed by atoms with van der Waals surface area (Å²) in [7, 11) is 0. The van der Waals surface area contributed by atoms with Gasteiger partial charge < -0.3 is 15.8 Å². The van der Waals surface area contributed by atoms with E-state index in [0.717, 1.165) is 6.07 Å². The second-order valence-corrected chi connectivity index (χ2v) is 5.09. The first-order chi connectivity index (χ1) is 11.9. The molecule has 0 fully saturated rings. The Labute approximate surface area is 143 Å². The van der Waals surface area contributed by atoms with Crippen molar-refractivity contribution in [3.05, 3.63) is 69.8 Å². The normalized spacial score (nSPS) is 11.4. The number of ether oxygens (including phenoxy) is 1. The van der Waals surface area contributed by atoms with E-state index < -0.39 is 22.8 Å². The van der Waals surface area contributed by atoms with E-state index in [-0.39, 0.29) is 23.6 Å². The maximum absolute atomic E-state index is 12.4. The van der Waals surface area contributed by atoms with Gasteiger partial charge >= 0.3 is 5.69 Å². The van der Waals surface area contributed by atoms with E-state index in [1.165, 1.54) is 12.1 Å². The van der Waals surface area contributed by atoms with Crippen molar-refractivity contribution < 1.29 is 19.2 Å². The summed E-state index contributed by atoms with van der Waals surface area (Å²) in [5, 5.41) is 13.6. The second kappa shape index (κ2) is 7.91. The van der Waals surface area contributed by atoms with Crippen molar-refractivity contribution in [3.8, 4) is 5.75 Å². The van der Waals surface area contributed by atoms with Crippen molar-refractivity contribution in [2.75, 3.05) is 6.61 Å². The fourth-order valence-electron chi connectivity index (χ4n) is 2.26. The molecule has 3 N–H and O–H groups in total. The number of nitrogens with zero attached hydrogens (tertiary/aromatic N) is 1.